The highest BCUT2D eigenvalue weighted by Gasteiger charge is 2.36. The minimum atomic E-state index is -0.350. The topological polar surface area (TPSA) is 68.0 Å². The van der Waals surface area contributed by atoms with Crippen molar-refractivity contribution in [3.8, 4) is 0 Å². The molecule has 0 spiro atoms. The lowest BCUT2D eigenvalue weighted by Crippen LogP contribution is -2.45. The summed E-state index contributed by atoms with van der Waals surface area (Å²) in [4.78, 5) is 16.7. The van der Waals surface area contributed by atoms with E-state index < -0.39 is 0 Å². The monoisotopic (exact) mass is 275 g/mol. The molecule has 0 aromatic carbocycles. The quantitative estimate of drug-likeness (QED) is 0.829. The number of carbonyl (C=O) groups excluding carboxylic acids is 1. The highest BCUT2D eigenvalue weighted by Crippen LogP contribution is 2.34. The summed E-state index contributed by atoms with van der Waals surface area (Å²) >= 11 is 0. The Bertz CT molecular complexity index is 451. The second kappa shape index (κ2) is 6.84. The number of aryl methyl sites for hydroxylation is 1. The van der Waals surface area contributed by atoms with Gasteiger partial charge in [0.15, 0.2) is 0 Å². The minimum absolute atomic E-state index is 0.123. The normalized spacial score (nSPS) is 18.3. The fourth-order valence-electron chi connectivity index (χ4n) is 2.99. The zero-order chi connectivity index (χ0) is 14.4. The summed E-state index contributed by atoms with van der Waals surface area (Å²) in [6, 6.07) is 1.96. The van der Waals surface area contributed by atoms with Crippen LogP contribution in [0.1, 0.15) is 49.7 Å². The van der Waals surface area contributed by atoms with Gasteiger partial charge >= 0.3 is 0 Å². The Morgan fingerprint density at radius 1 is 1.35 bits per heavy atom. The molecule has 0 saturated heterocycles. The molecule has 4 heteroatoms. The molecule has 4 nitrogen and oxygen atoms in total. The van der Waals surface area contributed by atoms with Crippen LogP contribution < -0.4 is 11.1 Å². The molecule has 0 radical (unpaired) electrons. The molecule has 3 N–H and O–H groups in total. The van der Waals surface area contributed by atoms with Crippen molar-refractivity contribution >= 4 is 5.91 Å². The van der Waals surface area contributed by atoms with Crippen molar-refractivity contribution in [1.82, 2.24) is 10.3 Å². The van der Waals surface area contributed by atoms with Gasteiger partial charge in [0.2, 0.25) is 5.91 Å². The van der Waals surface area contributed by atoms with Crippen LogP contribution in [0.2, 0.25) is 0 Å². The predicted molar refractivity (Wildman–Crippen MR) is 80.0 cm³/mol. The van der Waals surface area contributed by atoms with E-state index in [0.717, 1.165) is 36.8 Å². The van der Waals surface area contributed by atoms with E-state index >= 15 is 0 Å². The fourth-order valence-corrected chi connectivity index (χ4v) is 2.99. The maximum absolute atomic E-state index is 12.6. The van der Waals surface area contributed by atoms with Crippen LogP contribution in [0.3, 0.4) is 0 Å². The molecular weight excluding hydrogens is 250 g/mol. The zero-order valence-corrected chi connectivity index (χ0v) is 12.3. The number of nitrogens with two attached hydrogens (primary N) is 1. The largest absolute Gasteiger partial charge is 0.351 e. The van der Waals surface area contributed by atoms with Gasteiger partial charge in [-0.1, -0.05) is 25.7 Å². The number of pyridine rings is 1. The van der Waals surface area contributed by atoms with Crippen molar-refractivity contribution in [3.63, 3.8) is 0 Å². The van der Waals surface area contributed by atoms with Crippen LogP contribution in [0.5, 0.6) is 0 Å². The highest BCUT2D eigenvalue weighted by molar-refractivity contribution is 5.82. The summed E-state index contributed by atoms with van der Waals surface area (Å²) in [6.07, 6.45) is 10.1. The number of amides is 1. The van der Waals surface area contributed by atoms with E-state index in [4.69, 9.17) is 5.73 Å². The van der Waals surface area contributed by atoms with Crippen molar-refractivity contribution in [2.45, 2.75) is 52.0 Å². The van der Waals surface area contributed by atoms with Gasteiger partial charge < -0.3 is 11.1 Å². The van der Waals surface area contributed by atoms with E-state index in [1.165, 1.54) is 12.8 Å². The molecule has 0 bridgehead atoms. The lowest BCUT2D eigenvalue weighted by Gasteiger charge is -2.30. The third-order valence-electron chi connectivity index (χ3n) is 4.51. The smallest absolute Gasteiger partial charge is 0.227 e. The SMILES string of the molecule is Cc1cnccc1CNC(=O)C1(CN)CCCCCC1. The zero-order valence-electron chi connectivity index (χ0n) is 12.3. The van der Waals surface area contributed by atoms with E-state index in [1.807, 2.05) is 19.2 Å². The Labute approximate surface area is 121 Å². The first-order valence-electron chi connectivity index (χ1n) is 7.56. The number of carbonyl (C=O) groups is 1. The number of nitrogens with zero attached hydrogens (tertiary/aromatic N) is 1. The molecule has 1 saturated carbocycles. The van der Waals surface area contributed by atoms with Gasteiger partial charge in [0, 0.05) is 25.5 Å². The summed E-state index contributed by atoms with van der Waals surface area (Å²) in [5.74, 6) is 0.123. The van der Waals surface area contributed by atoms with Crippen molar-refractivity contribution in [3.05, 3.63) is 29.6 Å². The average Bonchev–Trinajstić information content (AvgIpc) is 2.72. The van der Waals surface area contributed by atoms with Crippen molar-refractivity contribution < 1.29 is 4.79 Å². The van der Waals surface area contributed by atoms with Crippen LogP contribution in [0.15, 0.2) is 18.5 Å². The van der Waals surface area contributed by atoms with Crippen LogP contribution in [0.25, 0.3) is 0 Å². The van der Waals surface area contributed by atoms with Gasteiger partial charge in [0.25, 0.3) is 0 Å². The van der Waals surface area contributed by atoms with Crippen molar-refractivity contribution in [1.29, 1.82) is 0 Å². The standard InChI is InChI=1S/C16H25N3O/c1-13-10-18-9-6-14(13)11-19-15(20)16(12-17)7-4-2-3-5-8-16/h6,9-10H,2-5,7-8,11-12,17H2,1H3,(H,19,20). The summed E-state index contributed by atoms with van der Waals surface area (Å²) in [5, 5.41) is 3.08. The summed E-state index contributed by atoms with van der Waals surface area (Å²) < 4.78 is 0. The first kappa shape index (κ1) is 15.0. The Morgan fingerprint density at radius 2 is 2.05 bits per heavy atom. The molecule has 1 aromatic rings. The number of hydrogen-bond acceptors (Lipinski definition) is 3. The second-order valence-corrected chi connectivity index (χ2v) is 5.88. The summed E-state index contributed by atoms with van der Waals surface area (Å²) in [7, 11) is 0. The molecule has 2 rings (SSSR count). The van der Waals surface area contributed by atoms with E-state index in [2.05, 4.69) is 10.3 Å². The van der Waals surface area contributed by atoms with E-state index in [9.17, 15) is 4.79 Å². The van der Waals surface area contributed by atoms with E-state index in [-0.39, 0.29) is 11.3 Å². The second-order valence-electron chi connectivity index (χ2n) is 5.88. The third-order valence-corrected chi connectivity index (χ3v) is 4.51. The van der Waals surface area contributed by atoms with Crippen LogP contribution >= 0.6 is 0 Å². The highest BCUT2D eigenvalue weighted by atomic mass is 16.2. The van der Waals surface area contributed by atoms with E-state index in [0.29, 0.717) is 13.1 Å². The molecule has 1 fully saturated rings. The fraction of sp³-hybridized carbons (Fsp3) is 0.625. The molecule has 0 atom stereocenters. The molecule has 1 aliphatic carbocycles. The molecule has 110 valence electrons. The van der Waals surface area contributed by atoms with Crippen LogP contribution in [-0.2, 0) is 11.3 Å². The van der Waals surface area contributed by atoms with Gasteiger partial charge in [0.1, 0.15) is 0 Å². The number of rotatable bonds is 4. The molecule has 0 unspecified atom stereocenters. The molecule has 0 aliphatic heterocycles. The number of hydrogen-bond donors (Lipinski definition) is 2. The maximum atomic E-state index is 12.6. The summed E-state index contributed by atoms with van der Waals surface area (Å²) in [5.41, 5.74) is 7.81. The van der Waals surface area contributed by atoms with Crippen LogP contribution in [-0.4, -0.2) is 17.4 Å². The van der Waals surface area contributed by atoms with E-state index in [1.54, 1.807) is 6.20 Å². The first-order valence-corrected chi connectivity index (χ1v) is 7.56. The van der Waals surface area contributed by atoms with Crippen molar-refractivity contribution in [2.75, 3.05) is 6.54 Å². The number of nitrogens with one attached hydrogen (secondary N) is 1. The van der Waals surface area contributed by atoms with Gasteiger partial charge in [-0.25, -0.2) is 0 Å². The third kappa shape index (κ3) is 3.37. The Morgan fingerprint density at radius 3 is 2.65 bits per heavy atom. The molecule has 1 amide bonds. The Kier molecular flexibility index (Phi) is 5.12. The van der Waals surface area contributed by atoms with Crippen molar-refractivity contribution in [2.24, 2.45) is 11.1 Å². The Balaban J connectivity index is 2.00. The Hall–Kier alpha value is -1.42. The molecule has 1 aliphatic rings. The first-order chi connectivity index (χ1) is 9.68. The van der Waals surface area contributed by atoms with Gasteiger partial charge in [-0.05, 0) is 37.0 Å². The molecular formula is C16H25N3O. The summed E-state index contributed by atoms with van der Waals surface area (Å²) in [6.45, 7) is 3.03. The minimum Gasteiger partial charge on any atom is -0.351 e. The van der Waals surface area contributed by atoms with Crippen LogP contribution in [0, 0.1) is 12.3 Å². The van der Waals surface area contributed by atoms with Gasteiger partial charge in [0.05, 0.1) is 5.41 Å². The van der Waals surface area contributed by atoms with Gasteiger partial charge in [-0.3, -0.25) is 9.78 Å². The van der Waals surface area contributed by atoms with Gasteiger partial charge in [-0.2, -0.15) is 0 Å². The predicted octanol–water partition coefficient (Wildman–Crippen LogP) is 2.31. The van der Waals surface area contributed by atoms with Gasteiger partial charge in [-0.15, -0.1) is 0 Å². The van der Waals surface area contributed by atoms with Crippen LogP contribution in [0.4, 0.5) is 0 Å². The number of aromatic nitrogens is 1. The average molecular weight is 275 g/mol. The molecule has 1 heterocycles. The lowest BCUT2D eigenvalue weighted by molar-refractivity contribution is -0.131. The molecule has 1 aromatic heterocycles. The lowest BCUT2D eigenvalue weighted by atomic mass is 9.79. The maximum Gasteiger partial charge on any atom is 0.227 e. The molecule has 20 heavy (non-hydrogen) atoms.